The molecule has 162 valence electrons. The van der Waals surface area contributed by atoms with E-state index >= 15 is 0 Å². The number of carbonyl (C=O) groups is 2. The molecule has 0 aliphatic carbocycles. The van der Waals surface area contributed by atoms with Crippen LogP contribution in [0.5, 0.6) is 0 Å². The molecular formula is C27H25FN2O2. The number of halogens is 1. The van der Waals surface area contributed by atoms with E-state index in [-0.39, 0.29) is 24.2 Å². The van der Waals surface area contributed by atoms with Crippen LogP contribution >= 0.6 is 0 Å². The molecule has 0 saturated heterocycles. The third-order valence-corrected chi connectivity index (χ3v) is 5.66. The normalized spacial score (nSPS) is 13.8. The molecule has 4 nitrogen and oxygen atoms in total. The molecule has 0 spiro atoms. The first-order valence-corrected chi connectivity index (χ1v) is 10.8. The lowest BCUT2D eigenvalue weighted by atomic mass is 10.0. The molecule has 0 aromatic heterocycles. The summed E-state index contributed by atoms with van der Waals surface area (Å²) in [7, 11) is 0. The standard InChI is InChI=1S/C27H25FN2O2/c1-2-29(19-21-9-5-3-6-10-21)25-24(22-11-7-4-8-12-22)26(31)30(27(25)32)18-17-20-13-15-23(28)16-14-20/h3-16H,2,17-19H2,1H3. The molecule has 1 heterocycles. The van der Waals surface area contributed by atoms with Crippen LogP contribution in [0, 0.1) is 5.82 Å². The lowest BCUT2D eigenvalue weighted by Crippen LogP contribution is -2.36. The summed E-state index contributed by atoms with van der Waals surface area (Å²) < 4.78 is 13.2. The third-order valence-electron chi connectivity index (χ3n) is 5.66. The number of imide groups is 1. The van der Waals surface area contributed by atoms with Crippen molar-refractivity contribution in [3.8, 4) is 0 Å². The van der Waals surface area contributed by atoms with Gasteiger partial charge in [0.15, 0.2) is 0 Å². The molecule has 3 aromatic carbocycles. The van der Waals surface area contributed by atoms with Crippen LogP contribution in [0.25, 0.3) is 5.57 Å². The van der Waals surface area contributed by atoms with E-state index in [0.29, 0.717) is 30.8 Å². The number of carbonyl (C=O) groups excluding carboxylic acids is 2. The molecule has 1 aliphatic rings. The maximum absolute atomic E-state index is 13.5. The van der Waals surface area contributed by atoms with Crippen LogP contribution in [0.15, 0.2) is 90.6 Å². The number of benzene rings is 3. The SMILES string of the molecule is CCN(Cc1ccccc1)C1=C(c2ccccc2)C(=O)N(CCc2ccc(F)cc2)C1=O. The minimum absolute atomic E-state index is 0.242. The van der Waals surface area contributed by atoms with Gasteiger partial charge in [-0.2, -0.15) is 0 Å². The molecule has 5 heteroatoms. The Bertz CT molecular complexity index is 1130. The second kappa shape index (κ2) is 9.60. The van der Waals surface area contributed by atoms with Gasteiger partial charge < -0.3 is 4.90 Å². The fourth-order valence-corrected chi connectivity index (χ4v) is 3.97. The van der Waals surface area contributed by atoms with E-state index in [1.54, 1.807) is 12.1 Å². The zero-order chi connectivity index (χ0) is 22.5. The van der Waals surface area contributed by atoms with Crippen LogP contribution in [0.4, 0.5) is 4.39 Å². The molecule has 0 radical (unpaired) electrons. The Morgan fingerprint density at radius 3 is 2.03 bits per heavy atom. The number of hydrogen-bond donors (Lipinski definition) is 0. The van der Waals surface area contributed by atoms with Gasteiger partial charge in [0.25, 0.3) is 11.8 Å². The highest BCUT2D eigenvalue weighted by atomic mass is 19.1. The smallest absolute Gasteiger partial charge is 0.277 e. The molecular weight excluding hydrogens is 403 g/mol. The van der Waals surface area contributed by atoms with Gasteiger partial charge in [-0.25, -0.2) is 4.39 Å². The Morgan fingerprint density at radius 2 is 1.41 bits per heavy atom. The van der Waals surface area contributed by atoms with Crippen LogP contribution in [0.2, 0.25) is 0 Å². The zero-order valence-electron chi connectivity index (χ0n) is 18.0. The predicted molar refractivity (Wildman–Crippen MR) is 123 cm³/mol. The van der Waals surface area contributed by atoms with Gasteiger partial charge >= 0.3 is 0 Å². The molecule has 2 amide bonds. The van der Waals surface area contributed by atoms with E-state index in [2.05, 4.69) is 0 Å². The maximum atomic E-state index is 13.5. The number of nitrogens with zero attached hydrogens (tertiary/aromatic N) is 2. The molecule has 0 N–H and O–H groups in total. The Hall–Kier alpha value is -3.73. The van der Waals surface area contributed by atoms with Crippen molar-refractivity contribution in [2.75, 3.05) is 13.1 Å². The maximum Gasteiger partial charge on any atom is 0.277 e. The number of hydrogen-bond acceptors (Lipinski definition) is 3. The van der Waals surface area contributed by atoms with Crippen LogP contribution < -0.4 is 0 Å². The average molecular weight is 429 g/mol. The van der Waals surface area contributed by atoms with Crippen molar-refractivity contribution in [2.45, 2.75) is 19.9 Å². The fourth-order valence-electron chi connectivity index (χ4n) is 3.97. The molecule has 0 fully saturated rings. The Balaban J connectivity index is 1.66. The Kier molecular flexibility index (Phi) is 6.45. The lowest BCUT2D eigenvalue weighted by molar-refractivity contribution is -0.137. The number of amides is 2. The first-order chi connectivity index (χ1) is 15.6. The van der Waals surface area contributed by atoms with Crippen molar-refractivity contribution < 1.29 is 14.0 Å². The first-order valence-electron chi connectivity index (χ1n) is 10.8. The van der Waals surface area contributed by atoms with E-state index in [9.17, 15) is 14.0 Å². The molecule has 0 bridgehead atoms. The van der Waals surface area contributed by atoms with Gasteiger partial charge in [0.2, 0.25) is 0 Å². The summed E-state index contributed by atoms with van der Waals surface area (Å²) in [6, 6.07) is 25.4. The largest absolute Gasteiger partial charge is 0.362 e. The van der Waals surface area contributed by atoms with Gasteiger partial charge in [-0.15, -0.1) is 0 Å². The van der Waals surface area contributed by atoms with Crippen LogP contribution in [0.3, 0.4) is 0 Å². The highest BCUT2D eigenvalue weighted by molar-refractivity contribution is 6.35. The molecule has 1 aliphatic heterocycles. The second-order valence-corrected chi connectivity index (χ2v) is 7.73. The van der Waals surface area contributed by atoms with Crippen molar-refractivity contribution in [3.63, 3.8) is 0 Å². The Morgan fingerprint density at radius 1 is 0.781 bits per heavy atom. The summed E-state index contributed by atoms with van der Waals surface area (Å²) >= 11 is 0. The van der Waals surface area contributed by atoms with Gasteiger partial charge in [-0.05, 0) is 42.2 Å². The minimum atomic E-state index is -0.308. The third kappa shape index (κ3) is 4.47. The average Bonchev–Trinajstić information content (AvgIpc) is 3.08. The summed E-state index contributed by atoms with van der Waals surface area (Å²) in [5.74, 6) is -0.879. The van der Waals surface area contributed by atoms with Gasteiger partial charge in [-0.3, -0.25) is 14.5 Å². The molecule has 0 atom stereocenters. The molecule has 0 saturated carbocycles. The monoisotopic (exact) mass is 428 g/mol. The zero-order valence-corrected chi connectivity index (χ0v) is 18.0. The van der Waals surface area contributed by atoms with E-state index < -0.39 is 0 Å². The predicted octanol–water partition coefficient (Wildman–Crippen LogP) is 4.67. The molecule has 4 rings (SSSR count). The first kappa shape index (κ1) is 21.5. The van der Waals surface area contributed by atoms with Gasteiger partial charge in [0, 0.05) is 19.6 Å². The van der Waals surface area contributed by atoms with Crippen LogP contribution in [-0.2, 0) is 22.6 Å². The highest BCUT2D eigenvalue weighted by Crippen LogP contribution is 2.32. The van der Waals surface area contributed by atoms with Crippen molar-refractivity contribution in [1.29, 1.82) is 0 Å². The van der Waals surface area contributed by atoms with E-state index in [1.807, 2.05) is 72.5 Å². The van der Waals surface area contributed by atoms with E-state index in [4.69, 9.17) is 0 Å². The second-order valence-electron chi connectivity index (χ2n) is 7.73. The summed E-state index contributed by atoms with van der Waals surface area (Å²) in [5.41, 5.74) is 3.55. The van der Waals surface area contributed by atoms with Gasteiger partial charge in [0.05, 0.1) is 5.57 Å². The summed E-state index contributed by atoms with van der Waals surface area (Å²) in [5, 5.41) is 0. The summed E-state index contributed by atoms with van der Waals surface area (Å²) in [6.45, 7) is 3.35. The van der Waals surface area contributed by atoms with E-state index in [1.165, 1.54) is 17.0 Å². The minimum Gasteiger partial charge on any atom is -0.362 e. The topological polar surface area (TPSA) is 40.6 Å². The van der Waals surface area contributed by atoms with Gasteiger partial charge in [-0.1, -0.05) is 72.8 Å². The van der Waals surface area contributed by atoms with Crippen molar-refractivity contribution in [2.24, 2.45) is 0 Å². The van der Waals surface area contributed by atoms with Gasteiger partial charge in [0.1, 0.15) is 11.5 Å². The number of likely N-dealkylation sites (N-methyl/N-ethyl adjacent to an activating group) is 1. The highest BCUT2D eigenvalue weighted by Gasteiger charge is 2.40. The number of rotatable bonds is 8. The summed E-state index contributed by atoms with van der Waals surface area (Å²) in [4.78, 5) is 30.2. The molecule has 32 heavy (non-hydrogen) atoms. The molecule has 0 unspecified atom stereocenters. The van der Waals surface area contributed by atoms with Crippen molar-refractivity contribution in [3.05, 3.63) is 113 Å². The van der Waals surface area contributed by atoms with Crippen molar-refractivity contribution >= 4 is 17.4 Å². The van der Waals surface area contributed by atoms with Crippen LogP contribution in [0.1, 0.15) is 23.6 Å². The van der Waals surface area contributed by atoms with E-state index in [0.717, 1.165) is 16.7 Å². The van der Waals surface area contributed by atoms with Crippen molar-refractivity contribution in [1.82, 2.24) is 9.80 Å². The summed E-state index contributed by atoms with van der Waals surface area (Å²) in [6.07, 6.45) is 0.470. The fraction of sp³-hybridized carbons (Fsp3) is 0.185. The van der Waals surface area contributed by atoms with Crippen LogP contribution in [-0.4, -0.2) is 34.7 Å². The lowest BCUT2D eigenvalue weighted by Gasteiger charge is -2.25. The Labute approximate surface area is 187 Å². The molecule has 3 aromatic rings. The quantitative estimate of drug-likeness (QED) is 0.490.